The van der Waals surface area contributed by atoms with Crippen molar-refractivity contribution in [3.8, 4) is 0 Å². The summed E-state index contributed by atoms with van der Waals surface area (Å²) < 4.78 is 0. The van der Waals surface area contributed by atoms with E-state index in [0.29, 0.717) is 17.7 Å². The highest BCUT2D eigenvalue weighted by Crippen LogP contribution is 2.38. The minimum atomic E-state index is -0.576. The van der Waals surface area contributed by atoms with Crippen molar-refractivity contribution in [2.75, 3.05) is 11.9 Å². The number of nitro benzene ring substituents is 2. The Morgan fingerprint density at radius 2 is 1.76 bits per heavy atom. The molecule has 0 saturated heterocycles. The van der Waals surface area contributed by atoms with Crippen molar-refractivity contribution in [2.45, 2.75) is 46.5 Å². The lowest BCUT2D eigenvalue weighted by Crippen LogP contribution is -2.09. The van der Waals surface area contributed by atoms with Gasteiger partial charge in [0.05, 0.1) is 9.85 Å². The highest BCUT2D eigenvalue weighted by Gasteiger charge is 2.28. The molecule has 7 nitrogen and oxygen atoms in total. The van der Waals surface area contributed by atoms with E-state index >= 15 is 0 Å². The minimum absolute atomic E-state index is 0.0181. The van der Waals surface area contributed by atoms with Crippen molar-refractivity contribution in [2.24, 2.45) is 0 Å². The summed E-state index contributed by atoms with van der Waals surface area (Å²) in [7, 11) is 0. The Morgan fingerprint density at radius 1 is 1.10 bits per heavy atom. The fraction of sp³-hybridized carbons (Fsp3) is 0.571. The summed E-state index contributed by atoms with van der Waals surface area (Å²) in [5, 5.41) is 25.3. The molecule has 0 radical (unpaired) electrons. The molecule has 1 N–H and O–H groups in total. The number of rotatable bonds is 8. The normalized spacial score (nSPS) is 10.4. The highest BCUT2D eigenvalue weighted by molar-refractivity contribution is 5.77. The molecule has 0 aliphatic heterocycles. The van der Waals surface area contributed by atoms with Crippen LogP contribution in [0.2, 0.25) is 0 Å². The fourth-order valence-electron chi connectivity index (χ4n) is 2.19. The quantitative estimate of drug-likeness (QED) is 0.442. The molecule has 21 heavy (non-hydrogen) atoms. The van der Waals surface area contributed by atoms with Crippen molar-refractivity contribution >= 4 is 17.1 Å². The van der Waals surface area contributed by atoms with Gasteiger partial charge in [-0.15, -0.1) is 0 Å². The van der Waals surface area contributed by atoms with Gasteiger partial charge in [-0.1, -0.05) is 26.2 Å². The Morgan fingerprint density at radius 3 is 2.29 bits per heavy atom. The zero-order valence-electron chi connectivity index (χ0n) is 12.6. The number of hydrogen-bond acceptors (Lipinski definition) is 5. The van der Waals surface area contributed by atoms with Crippen LogP contribution < -0.4 is 5.32 Å². The third kappa shape index (κ3) is 4.14. The molecule has 0 aliphatic carbocycles. The second-order valence-electron chi connectivity index (χ2n) is 5.06. The molecular weight excluding hydrogens is 274 g/mol. The lowest BCUT2D eigenvalue weighted by Gasteiger charge is -2.11. The van der Waals surface area contributed by atoms with Gasteiger partial charge in [0.2, 0.25) is 0 Å². The van der Waals surface area contributed by atoms with E-state index in [1.807, 2.05) is 0 Å². The van der Waals surface area contributed by atoms with Crippen LogP contribution in [-0.4, -0.2) is 16.4 Å². The van der Waals surface area contributed by atoms with Crippen molar-refractivity contribution in [1.82, 2.24) is 0 Å². The number of hydrogen-bond donors (Lipinski definition) is 1. The van der Waals surface area contributed by atoms with Crippen LogP contribution in [0.4, 0.5) is 17.1 Å². The Kier molecular flexibility index (Phi) is 6.08. The Balaban J connectivity index is 3.10. The molecule has 0 heterocycles. The first-order chi connectivity index (χ1) is 9.90. The van der Waals surface area contributed by atoms with Crippen LogP contribution in [0.1, 0.15) is 43.7 Å². The molecule has 1 rings (SSSR count). The zero-order valence-corrected chi connectivity index (χ0v) is 12.6. The van der Waals surface area contributed by atoms with Gasteiger partial charge in [-0.05, 0) is 25.8 Å². The average molecular weight is 295 g/mol. The summed E-state index contributed by atoms with van der Waals surface area (Å²) in [6.45, 7) is 5.83. The fourth-order valence-corrected chi connectivity index (χ4v) is 2.19. The highest BCUT2D eigenvalue weighted by atomic mass is 16.6. The first-order valence-corrected chi connectivity index (χ1v) is 7.07. The van der Waals surface area contributed by atoms with E-state index in [-0.39, 0.29) is 17.1 Å². The third-order valence-electron chi connectivity index (χ3n) is 3.50. The van der Waals surface area contributed by atoms with Crippen LogP contribution in [0.25, 0.3) is 0 Å². The largest absolute Gasteiger partial charge is 0.374 e. The summed E-state index contributed by atoms with van der Waals surface area (Å²) in [6.07, 6.45) is 3.99. The summed E-state index contributed by atoms with van der Waals surface area (Å²) >= 11 is 0. The number of aryl methyl sites for hydroxylation is 1. The van der Waals surface area contributed by atoms with Gasteiger partial charge in [-0.25, -0.2) is 0 Å². The van der Waals surface area contributed by atoms with Crippen molar-refractivity contribution in [3.63, 3.8) is 0 Å². The molecule has 1 aromatic carbocycles. The molecule has 0 bridgehead atoms. The third-order valence-corrected chi connectivity index (χ3v) is 3.50. The molecule has 1 aromatic rings. The molecule has 7 heteroatoms. The van der Waals surface area contributed by atoms with Gasteiger partial charge in [-0.3, -0.25) is 20.2 Å². The van der Waals surface area contributed by atoms with E-state index in [2.05, 4.69) is 12.2 Å². The lowest BCUT2D eigenvalue weighted by atomic mass is 10.0. The molecule has 0 fully saturated rings. The Hall–Kier alpha value is -2.18. The van der Waals surface area contributed by atoms with E-state index in [1.165, 1.54) is 6.07 Å². The van der Waals surface area contributed by atoms with Crippen LogP contribution in [0, 0.1) is 34.1 Å². The van der Waals surface area contributed by atoms with Crippen molar-refractivity contribution < 1.29 is 9.85 Å². The summed E-state index contributed by atoms with van der Waals surface area (Å²) in [4.78, 5) is 21.3. The van der Waals surface area contributed by atoms with Gasteiger partial charge in [0, 0.05) is 18.2 Å². The van der Waals surface area contributed by atoms with Crippen LogP contribution in [0.5, 0.6) is 0 Å². The van der Waals surface area contributed by atoms with Crippen LogP contribution in [0.15, 0.2) is 6.07 Å². The van der Waals surface area contributed by atoms with Gasteiger partial charge in [0.25, 0.3) is 5.69 Å². The monoisotopic (exact) mass is 295 g/mol. The number of nitrogens with one attached hydrogen (secondary N) is 1. The smallest absolute Gasteiger partial charge is 0.302 e. The maximum absolute atomic E-state index is 11.2. The molecule has 0 saturated carbocycles. The number of benzene rings is 1. The Labute approximate surface area is 123 Å². The molecule has 0 unspecified atom stereocenters. The van der Waals surface area contributed by atoms with E-state index in [0.717, 1.165) is 25.7 Å². The summed E-state index contributed by atoms with van der Waals surface area (Å²) in [6, 6.07) is 1.39. The predicted molar refractivity (Wildman–Crippen MR) is 81.9 cm³/mol. The molecule has 0 aliphatic rings. The number of anilines is 1. The van der Waals surface area contributed by atoms with Crippen molar-refractivity contribution in [1.29, 1.82) is 0 Å². The second-order valence-corrected chi connectivity index (χ2v) is 5.06. The zero-order chi connectivity index (χ0) is 16.0. The van der Waals surface area contributed by atoms with Gasteiger partial charge in [-0.2, -0.15) is 0 Å². The first kappa shape index (κ1) is 16.9. The minimum Gasteiger partial charge on any atom is -0.374 e. The van der Waals surface area contributed by atoms with Gasteiger partial charge < -0.3 is 5.32 Å². The molecular formula is C14H21N3O4. The topological polar surface area (TPSA) is 98.3 Å². The number of unbranched alkanes of at least 4 members (excludes halogenated alkanes) is 3. The van der Waals surface area contributed by atoms with E-state index in [1.54, 1.807) is 13.8 Å². The molecule has 0 amide bonds. The number of nitro groups is 2. The first-order valence-electron chi connectivity index (χ1n) is 7.07. The van der Waals surface area contributed by atoms with Crippen LogP contribution in [0.3, 0.4) is 0 Å². The van der Waals surface area contributed by atoms with Crippen molar-refractivity contribution in [3.05, 3.63) is 37.4 Å². The van der Waals surface area contributed by atoms with E-state index in [4.69, 9.17) is 0 Å². The molecule has 0 spiro atoms. The molecule has 116 valence electrons. The van der Waals surface area contributed by atoms with E-state index in [9.17, 15) is 20.2 Å². The van der Waals surface area contributed by atoms with Gasteiger partial charge in [0.15, 0.2) is 5.69 Å². The lowest BCUT2D eigenvalue weighted by molar-refractivity contribution is -0.392. The van der Waals surface area contributed by atoms with E-state index < -0.39 is 9.85 Å². The SMILES string of the molecule is CCCCCCNc1c([N+](=O)[O-])cc(C)c(C)c1[N+](=O)[O-]. The average Bonchev–Trinajstić information content (AvgIpc) is 2.41. The molecule has 0 aromatic heterocycles. The molecule has 0 atom stereocenters. The second kappa shape index (κ2) is 7.56. The predicted octanol–water partition coefficient (Wildman–Crippen LogP) is 4.11. The summed E-state index contributed by atoms with van der Waals surface area (Å²) in [5.74, 6) is 0. The van der Waals surface area contributed by atoms with Gasteiger partial charge >= 0.3 is 5.69 Å². The number of nitrogens with zero attached hydrogens (tertiary/aromatic N) is 2. The van der Waals surface area contributed by atoms with Crippen LogP contribution >= 0.6 is 0 Å². The Bertz CT molecular complexity index is 544. The van der Waals surface area contributed by atoms with Gasteiger partial charge in [0.1, 0.15) is 0 Å². The standard InChI is InChI=1S/C14H21N3O4/c1-4-5-6-7-8-15-13-12(16(18)19)9-10(2)11(3)14(13)17(20)21/h9,15H,4-8H2,1-3H3. The maximum atomic E-state index is 11.2. The summed E-state index contributed by atoms with van der Waals surface area (Å²) in [5.41, 5.74) is 0.591. The van der Waals surface area contributed by atoms with Crippen LogP contribution in [-0.2, 0) is 0 Å². The maximum Gasteiger partial charge on any atom is 0.302 e.